The lowest BCUT2D eigenvalue weighted by atomic mass is 10.00. The summed E-state index contributed by atoms with van der Waals surface area (Å²) in [7, 11) is -4.62. The Morgan fingerprint density at radius 1 is 0.548 bits per heavy atom. The van der Waals surface area contributed by atoms with Crippen LogP contribution in [0.15, 0.2) is 72.9 Å². The normalized spacial score (nSPS) is 20.5. The molecule has 1 aliphatic heterocycles. The lowest BCUT2D eigenvalue weighted by Gasteiger charge is -2.40. The molecule has 0 radical (unpaired) electrons. The fraction of sp³-hybridized carbons (Fsp3) is 0.714. The van der Waals surface area contributed by atoms with Crippen molar-refractivity contribution >= 4 is 22.1 Å². The van der Waals surface area contributed by atoms with E-state index in [0.29, 0.717) is 19.3 Å². The minimum absolute atomic E-state index is 0.0370. The predicted molar refractivity (Wildman–Crippen MR) is 247 cm³/mol. The molecule has 1 saturated heterocycles. The van der Waals surface area contributed by atoms with Gasteiger partial charge in [-0.2, -0.15) is 8.42 Å². The molecule has 0 spiro atoms. The summed E-state index contributed by atoms with van der Waals surface area (Å²) in [5, 5.41) is 30.9. The second kappa shape index (κ2) is 38.5. The van der Waals surface area contributed by atoms with Crippen LogP contribution in [0, 0.1) is 0 Å². The van der Waals surface area contributed by atoms with Gasteiger partial charge in [-0.25, -0.2) is 0 Å². The summed E-state index contributed by atoms with van der Waals surface area (Å²) < 4.78 is 54.0. The Bertz CT molecular complexity index is 1420. The molecule has 0 bridgehead atoms. The topological polar surface area (TPSA) is 186 Å². The molecule has 12 nitrogen and oxygen atoms in total. The third-order valence-corrected chi connectivity index (χ3v) is 11.0. The Morgan fingerprint density at radius 3 is 1.55 bits per heavy atom. The summed E-state index contributed by atoms with van der Waals surface area (Å²) in [5.41, 5.74) is 0. The highest BCUT2D eigenvalue weighted by molar-refractivity contribution is 7.85. The maximum absolute atomic E-state index is 12.8. The van der Waals surface area contributed by atoms with Gasteiger partial charge in [-0.15, -0.1) is 0 Å². The van der Waals surface area contributed by atoms with Crippen LogP contribution in [0.2, 0.25) is 0 Å². The smallest absolute Gasteiger partial charge is 0.306 e. The third-order valence-electron chi connectivity index (χ3n) is 10.3. The van der Waals surface area contributed by atoms with Crippen LogP contribution in [0.1, 0.15) is 168 Å². The number of ether oxygens (including phenoxy) is 4. The number of aliphatic hydroxyl groups excluding tert-OH is 3. The molecule has 1 aliphatic rings. The molecule has 1 heterocycles. The fourth-order valence-corrected chi connectivity index (χ4v) is 7.28. The van der Waals surface area contributed by atoms with Crippen LogP contribution in [0.5, 0.6) is 0 Å². The van der Waals surface area contributed by atoms with Gasteiger partial charge in [-0.05, 0) is 77.0 Å². The zero-order chi connectivity index (χ0) is 45.5. The first-order chi connectivity index (χ1) is 30.0. The van der Waals surface area contributed by atoms with E-state index < -0.39 is 71.2 Å². The van der Waals surface area contributed by atoms with E-state index in [9.17, 15) is 37.9 Å². The van der Waals surface area contributed by atoms with Crippen molar-refractivity contribution in [3.8, 4) is 0 Å². The predicted octanol–water partition coefficient (Wildman–Crippen LogP) is 9.89. The summed E-state index contributed by atoms with van der Waals surface area (Å²) in [5.74, 6) is -2.10. The molecule has 6 atom stereocenters. The van der Waals surface area contributed by atoms with Crippen molar-refractivity contribution in [3.05, 3.63) is 72.9 Å². The Kier molecular flexibility index (Phi) is 35.5. The largest absolute Gasteiger partial charge is 0.462 e. The van der Waals surface area contributed by atoms with E-state index in [2.05, 4.69) is 74.6 Å². The maximum Gasteiger partial charge on any atom is 0.306 e. The van der Waals surface area contributed by atoms with Gasteiger partial charge in [0.25, 0.3) is 10.1 Å². The Hall–Kier alpha value is -2.91. The van der Waals surface area contributed by atoms with Crippen LogP contribution in [-0.4, -0.2) is 96.0 Å². The molecular formula is C49H82O12S. The van der Waals surface area contributed by atoms with Crippen molar-refractivity contribution in [2.75, 3.05) is 19.0 Å². The van der Waals surface area contributed by atoms with Crippen molar-refractivity contribution in [1.82, 2.24) is 0 Å². The van der Waals surface area contributed by atoms with Crippen molar-refractivity contribution in [1.29, 1.82) is 0 Å². The van der Waals surface area contributed by atoms with E-state index in [0.717, 1.165) is 57.8 Å². The Labute approximate surface area is 374 Å². The van der Waals surface area contributed by atoms with Gasteiger partial charge in [0, 0.05) is 12.8 Å². The molecule has 0 saturated carbocycles. The average molecular weight is 895 g/mol. The summed E-state index contributed by atoms with van der Waals surface area (Å²) in [6.45, 7) is 3.65. The number of carbonyl (C=O) groups is 2. The summed E-state index contributed by atoms with van der Waals surface area (Å²) in [6, 6.07) is 0. The molecule has 0 aliphatic carbocycles. The van der Waals surface area contributed by atoms with Crippen LogP contribution in [0.4, 0.5) is 0 Å². The van der Waals surface area contributed by atoms with Crippen molar-refractivity contribution in [2.24, 2.45) is 0 Å². The van der Waals surface area contributed by atoms with Gasteiger partial charge in [0.2, 0.25) is 0 Å². The number of hydrogen-bond donors (Lipinski definition) is 4. The van der Waals surface area contributed by atoms with Gasteiger partial charge >= 0.3 is 11.9 Å². The first kappa shape index (κ1) is 57.1. The summed E-state index contributed by atoms with van der Waals surface area (Å²) in [6.07, 6.45) is 39.5. The molecule has 0 amide bonds. The summed E-state index contributed by atoms with van der Waals surface area (Å²) in [4.78, 5) is 25.4. The van der Waals surface area contributed by atoms with Crippen LogP contribution in [0.25, 0.3) is 0 Å². The molecule has 13 heteroatoms. The van der Waals surface area contributed by atoms with Crippen LogP contribution in [0.3, 0.4) is 0 Å². The Morgan fingerprint density at radius 2 is 1.00 bits per heavy atom. The number of rotatable bonds is 38. The number of unbranched alkanes of at least 4 members (excludes halogenated alkanes) is 14. The molecule has 1 fully saturated rings. The zero-order valence-corrected chi connectivity index (χ0v) is 38.8. The summed E-state index contributed by atoms with van der Waals surface area (Å²) >= 11 is 0. The van der Waals surface area contributed by atoms with E-state index in [1.54, 1.807) is 0 Å². The SMILES string of the molecule is CCCCC/C=C/C/C=C/C/C=C/C/C=C/C/C=C/CCC(=O)O[C@H](COC(=O)CCCCCCCCC/C=C/CCCCCC)CO[C@H]1O[C@H](CS(=O)(=O)O)[C@@H](O)C(O)C1O. The van der Waals surface area contributed by atoms with Gasteiger partial charge in [0.05, 0.1) is 6.61 Å². The van der Waals surface area contributed by atoms with Gasteiger partial charge < -0.3 is 34.3 Å². The molecule has 62 heavy (non-hydrogen) atoms. The third kappa shape index (κ3) is 32.7. The van der Waals surface area contributed by atoms with Crippen LogP contribution in [-0.2, 0) is 38.7 Å². The second-order valence-corrected chi connectivity index (χ2v) is 17.6. The minimum atomic E-state index is -4.62. The molecule has 2 unspecified atom stereocenters. The number of esters is 2. The van der Waals surface area contributed by atoms with Gasteiger partial charge in [0.1, 0.15) is 36.8 Å². The molecular weight excluding hydrogens is 813 g/mol. The highest BCUT2D eigenvalue weighted by Gasteiger charge is 2.46. The van der Waals surface area contributed by atoms with Crippen molar-refractivity contribution in [2.45, 2.75) is 205 Å². The van der Waals surface area contributed by atoms with Crippen LogP contribution < -0.4 is 0 Å². The van der Waals surface area contributed by atoms with Crippen LogP contribution >= 0.6 is 0 Å². The number of allylic oxidation sites excluding steroid dienone is 12. The standard InChI is InChI=1S/C49H82O12S/c1-3-5-7-9-11-13-15-17-19-20-21-22-24-26-28-30-32-34-36-38-45(51)60-42(40-59-49-48(54)47(53)46(52)43(61-49)41-62(55,56)57)39-58-44(50)37-35-33-31-29-27-25-23-18-16-14-12-10-8-6-4-2/h11,13-14,16-17,19,21-22,26,28,32,34,42-43,46-49,52-54H,3-10,12,15,18,20,23-25,27,29-31,33,35-41H2,1-2H3,(H,55,56,57)/b13-11+,16-14+,19-17+,22-21+,28-26+,34-32+/t42-,43-,46-,47?,48?,49+/m1/s1. The molecule has 0 aromatic rings. The van der Waals surface area contributed by atoms with Crippen molar-refractivity contribution in [3.63, 3.8) is 0 Å². The van der Waals surface area contributed by atoms with E-state index in [4.69, 9.17) is 18.9 Å². The molecule has 4 N–H and O–H groups in total. The zero-order valence-electron chi connectivity index (χ0n) is 37.9. The molecule has 0 aromatic carbocycles. The highest BCUT2D eigenvalue weighted by atomic mass is 32.2. The van der Waals surface area contributed by atoms with E-state index in [1.807, 2.05) is 12.2 Å². The number of carbonyl (C=O) groups excluding carboxylic acids is 2. The lowest BCUT2D eigenvalue weighted by molar-refractivity contribution is -0.297. The first-order valence-electron chi connectivity index (χ1n) is 23.5. The lowest BCUT2D eigenvalue weighted by Crippen LogP contribution is -2.60. The van der Waals surface area contributed by atoms with E-state index >= 15 is 0 Å². The molecule has 356 valence electrons. The molecule has 0 aromatic heterocycles. The number of aliphatic hydroxyl groups is 3. The molecule has 1 rings (SSSR count). The Balaban J connectivity index is 2.50. The second-order valence-electron chi connectivity index (χ2n) is 16.1. The van der Waals surface area contributed by atoms with Crippen molar-refractivity contribution < 1.29 is 56.8 Å². The highest BCUT2D eigenvalue weighted by Crippen LogP contribution is 2.24. The quantitative estimate of drug-likeness (QED) is 0.0199. The van der Waals surface area contributed by atoms with Gasteiger partial charge in [0.15, 0.2) is 12.4 Å². The maximum atomic E-state index is 12.8. The average Bonchev–Trinajstić information content (AvgIpc) is 3.24. The van der Waals surface area contributed by atoms with E-state index in [1.165, 1.54) is 64.2 Å². The first-order valence-corrected chi connectivity index (χ1v) is 25.1. The van der Waals surface area contributed by atoms with E-state index in [-0.39, 0.29) is 19.4 Å². The number of hydrogen-bond acceptors (Lipinski definition) is 11. The van der Waals surface area contributed by atoms with Gasteiger partial charge in [-0.1, -0.05) is 151 Å². The van der Waals surface area contributed by atoms with Gasteiger partial charge in [-0.3, -0.25) is 14.1 Å². The minimum Gasteiger partial charge on any atom is -0.462 e. The fourth-order valence-electron chi connectivity index (χ4n) is 6.59. The monoisotopic (exact) mass is 895 g/mol.